The SMILES string of the molecule is c1ccc(-c2ccc(Nc3cccc(-c4ccc(-c5cccc6ccccc56)cc4)c3)cc2)cc1. The minimum absolute atomic E-state index is 1.08. The molecule has 0 aliphatic carbocycles. The predicted molar refractivity (Wildman–Crippen MR) is 150 cm³/mol. The fourth-order valence-corrected chi connectivity index (χ4v) is 4.64. The molecule has 166 valence electrons. The highest BCUT2D eigenvalue weighted by Crippen LogP contribution is 2.31. The zero-order valence-corrected chi connectivity index (χ0v) is 19.4. The van der Waals surface area contributed by atoms with Gasteiger partial charge in [-0.25, -0.2) is 0 Å². The molecule has 0 aliphatic rings. The second-order valence-electron chi connectivity index (χ2n) is 8.75. The van der Waals surface area contributed by atoms with E-state index in [1.807, 2.05) is 6.07 Å². The molecule has 0 heterocycles. The monoisotopic (exact) mass is 447 g/mol. The zero-order valence-electron chi connectivity index (χ0n) is 19.4. The summed E-state index contributed by atoms with van der Waals surface area (Å²) >= 11 is 0. The maximum absolute atomic E-state index is 3.55. The van der Waals surface area contributed by atoms with Crippen LogP contribution in [0, 0.1) is 0 Å². The molecule has 0 aromatic heterocycles. The van der Waals surface area contributed by atoms with Crippen molar-refractivity contribution in [3.05, 3.63) is 146 Å². The Morgan fingerprint density at radius 3 is 1.74 bits per heavy atom. The Hall–Kier alpha value is -4.62. The number of hydrogen-bond acceptors (Lipinski definition) is 1. The molecule has 0 unspecified atom stereocenters. The fraction of sp³-hybridized carbons (Fsp3) is 0. The average Bonchev–Trinajstić information content (AvgIpc) is 2.94. The summed E-state index contributed by atoms with van der Waals surface area (Å²) in [6.07, 6.45) is 0. The summed E-state index contributed by atoms with van der Waals surface area (Å²) in [6.45, 7) is 0. The second kappa shape index (κ2) is 9.32. The maximum Gasteiger partial charge on any atom is 0.0390 e. The van der Waals surface area contributed by atoms with Crippen LogP contribution in [-0.4, -0.2) is 0 Å². The number of nitrogens with one attached hydrogen (secondary N) is 1. The van der Waals surface area contributed by atoms with Gasteiger partial charge < -0.3 is 5.32 Å². The van der Waals surface area contributed by atoms with E-state index in [-0.39, 0.29) is 0 Å². The van der Waals surface area contributed by atoms with E-state index in [2.05, 4.69) is 145 Å². The van der Waals surface area contributed by atoms with Crippen molar-refractivity contribution < 1.29 is 0 Å². The quantitative estimate of drug-likeness (QED) is 0.277. The first-order chi connectivity index (χ1) is 17.3. The van der Waals surface area contributed by atoms with Crippen LogP contribution in [-0.2, 0) is 0 Å². The first kappa shape index (κ1) is 20.9. The molecule has 1 N–H and O–H groups in total. The van der Waals surface area contributed by atoms with Gasteiger partial charge in [-0.05, 0) is 68.4 Å². The van der Waals surface area contributed by atoms with Crippen LogP contribution in [0.1, 0.15) is 0 Å². The van der Waals surface area contributed by atoms with Crippen LogP contribution < -0.4 is 5.32 Å². The molecule has 1 nitrogen and oxygen atoms in total. The van der Waals surface area contributed by atoms with Crippen LogP contribution in [0.5, 0.6) is 0 Å². The van der Waals surface area contributed by atoms with E-state index in [4.69, 9.17) is 0 Å². The zero-order chi connectivity index (χ0) is 23.5. The van der Waals surface area contributed by atoms with Gasteiger partial charge in [0.2, 0.25) is 0 Å². The molecular formula is C34H25N. The molecule has 0 fully saturated rings. The largest absolute Gasteiger partial charge is 0.356 e. The number of rotatable bonds is 5. The Morgan fingerprint density at radius 1 is 0.343 bits per heavy atom. The lowest BCUT2D eigenvalue weighted by atomic mass is 9.96. The standard InChI is InChI=1S/C34H25N/c1-2-8-25(9-3-1)26-20-22-31(23-21-26)35-32-13-6-12-30(24-32)27-16-18-29(19-17-27)34-15-7-11-28-10-4-5-14-33(28)34/h1-24,35H. The lowest BCUT2D eigenvalue weighted by Crippen LogP contribution is -1.91. The topological polar surface area (TPSA) is 12.0 Å². The summed E-state index contributed by atoms with van der Waals surface area (Å²) in [4.78, 5) is 0. The van der Waals surface area contributed by atoms with Gasteiger partial charge in [-0.3, -0.25) is 0 Å². The van der Waals surface area contributed by atoms with Gasteiger partial charge >= 0.3 is 0 Å². The summed E-state index contributed by atoms with van der Waals surface area (Å²) in [5.41, 5.74) is 9.50. The van der Waals surface area contributed by atoms with Crippen molar-refractivity contribution in [2.24, 2.45) is 0 Å². The van der Waals surface area contributed by atoms with Gasteiger partial charge in [-0.1, -0.05) is 121 Å². The van der Waals surface area contributed by atoms with Crippen LogP contribution in [0.2, 0.25) is 0 Å². The van der Waals surface area contributed by atoms with Crippen molar-refractivity contribution in [3.8, 4) is 33.4 Å². The molecule has 0 atom stereocenters. The third-order valence-electron chi connectivity index (χ3n) is 6.46. The molecule has 0 spiro atoms. The molecule has 0 aliphatic heterocycles. The summed E-state index contributed by atoms with van der Waals surface area (Å²) < 4.78 is 0. The molecule has 0 saturated carbocycles. The normalized spacial score (nSPS) is 10.9. The fourth-order valence-electron chi connectivity index (χ4n) is 4.64. The lowest BCUT2D eigenvalue weighted by Gasteiger charge is -2.11. The average molecular weight is 448 g/mol. The van der Waals surface area contributed by atoms with Crippen molar-refractivity contribution in [2.75, 3.05) is 5.32 Å². The molecule has 0 saturated heterocycles. The Bertz CT molecular complexity index is 1580. The number of fused-ring (bicyclic) bond motifs is 1. The van der Waals surface area contributed by atoms with Crippen molar-refractivity contribution in [1.29, 1.82) is 0 Å². The van der Waals surface area contributed by atoms with Gasteiger partial charge in [0.05, 0.1) is 0 Å². The first-order valence-corrected chi connectivity index (χ1v) is 11.9. The van der Waals surface area contributed by atoms with E-state index in [9.17, 15) is 0 Å². The predicted octanol–water partition coefficient (Wildman–Crippen LogP) is 9.58. The van der Waals surface area contributed by atoms with Crippen LogP contribution in [0.3, 0.4) is 0 Å². The van der Waals surface area contributed by atoms with E-state index in [0.717, 1.165) is 11.4 Å². The van der Waals surface area contributed by atoms with E-state index in [1.165, 1.54) is 44.2 Å². The van der Waals surface area contributed by atoms with Crippen LogP contribution in [0.15, 0.2) is 146 Å². The van der Waals surface area contributed by atoms with Crippen molar-refractivity contribution >= 4 is 22.1 Å². The second-order valence-corrected chi connectivity index (χ2v) is 8.75. The Kier molecular flexibility index (Phi) is 5.58. The van der Waals surface area contributed by atoms with Gasteiger partial charge in [0.25, 0.3) is 0 Å². The first-order valence-electron chi connectivity index (χ1n) is 11.9. The maximum atomic E-state index is 3.55. The molecule has 35 heavy (non-hydrogen) atoms. The van der Waals surface area contributed by atoms with Gasteiger partial charge in [0.1, 0.15) is 0 Å². The third-order valence-corrected chi connectivity index (χ3v) is 6.46. The van der Waals surface area contributed by atoms with E-state index in [1.54, 1.807) is 0 Å². The Labute approximate surface area is 206 Å². The number of hydrogen-bond donors (Lipinski definition) is 1. The summed E-state index contributed by atoms with van der Waals surface area (Å²) in [5, 5.41) is 6.10. The molecule has 0 amide bonds. The smallest absolute Gasteiger partial charge is 0.0390 e. The minimum atomic E-state index is 1.08. The van der Waals surface area contributed by atoms with Gasteiger partial charge in [-0.15, -0.1) is 0 Å². The number of anilines is 2. The van der Waals surface area contributed by atoms with Crippen molar-refractivity contribution in [3.63, 3.8) is 0 Å². The minimum Gasteiger partial charge on any atom is -0.356 e. The van der Waals surface area contributed by atoms with Gasteiger partial charge in [0, 0.05) is 11.4 Å². The molecule has 6 aromatic carbocycles. The third kappa shape index (κ3) is 4.45. The molecule has 0 bridgehead atoms. The van der Waals surface area contributed by atoms with Crippen molar-refractivity contribution in [1.82, 2.24) is 0 Å². The van der Waals surface area contributed by atoms with Crippen LogP contribution >= 0.6 is 0 Å². The molecule has 1 heteroatoms. The number of benzene rings is 6. The van der Waals surface area contributed by atoms with Crippen LogP contribution in [0.4, 0.5) is 11.4 Å². The molecular weight excluding hydrogens is 422 g/mol. The highest BCUT2D eigenvalue weighted by molar-refractivity contribution is 5.96. The van der Waals surface area contributed by atoms with Crippen LogP contribution in [0.25, 0.3) is 44.2 Å². The lowest BCUT2D eigenvalue weighted by molar-refractivity contribution is 1.53. The van der Waals surface area contributed by atoms with Crippen molar-refractivity contribution in [2.45, 2.75) is 0 Å². The summed E-state index contributed by atoms with van der Waals surface area (Å²) in [7, 11) is 0. The summed E-state index contributed by atoms with van der Waals surface area (Å²) in [6, 6.07) is 51.6. The van der Waals surface area contributed by atoms with E-state index >= 15 is 0 Å². The molecule has 0 radical (unpaired) electrons. The van der Waals surface area contributed by atoms with Gasteiger partial charge in [0.15, 0.2) is 0 Å². The Balaban J connectivity index is 1.23. The van der Waals surface area contributed by atoms with E-state index < -0.39 is 0 Å². The van der Waals surface area contributed by atoms with Gasteiger partial charge in [-0.2, -0.15) is 0 Å². The van der Waals surface area contributed by atoms with E-state index in [0.29, 0.717) is 0 Å². The molecule has 6 aromatic rings. The summed E-state index contributed by atoms with van der Waals surface area (Å²) in [5.74, 6) is 0. The highest BCUT2D eigenvalue weighted by atomic mass is 14.9. The molecule has 6 rings (SSSR count). The Morgan fingerprint density at radius 2 is 0.914 bits per heavy atom. The highest BCUT2D eigenvalue weighted by Gasteiger charge is 2.05.